The van der Waals surface area contributed by atoms with E-state index in [1.54, 1.807) is 37.5 Å². The van der Waals surface area contributed by atoms with E-state index in [1.165, 1.54) is 22.2 Å². The molecule has 0 saturated carbocycles. The molecule has 0 fully saturated rings. The van der Waals surface area contributed by atoms with Gasteiger partial charge in [0.15, 0.2) is 11.5 Å². The molecule has 0 aliphatic rings. The molecule has 0 spiro atoms. The summed E-state index contributed by atoms with van der Waals surface area (Å²) in [5, 5.41) is 5.02. The molecule has 0 aliphatic carbocycles. The van der Waals surface area contributed by atoms with Gasteiger partial charge < -0.3 is 9.47 Å². The summed E-state index contributed by atoms with van der Waals surface area (Å²) in [4.78, 5) is 16.9. The number of aromatic nitrogens is 3. The Hall–Kier alpha value is -2.61. The molecule has 4 rings (SSSR count). The molecular formula is C19H13Cl2N3O3S. The lowest BCUT2D eigenvalue weighted by molar-refractivity contribution is 0.284. The summed E-state index contributed by atoms with van der Waals surface area (Å²) < 4.78 is 13.1. The largest absolute Gasteiger partial charge is 0.493 e. The topological polar surface area (TPSA) is 65.7 Å². The van der Waals surface area contributed by atoms with Crippen molar-refractivity contribution in [2.45, 2.75) is 6.61 Å². The molecule has 142 valence electrons. The van der Waals surface area contributed by atoms with Crippen LogP contribution in [-0.4, -0.2) is 21.7 Å². The van der Waals surface area contributed by atoms with Crippen LogP contribution in [0.25, 0.3) is 11.0 Å². The molecule has 2 aromatic carbocycles. The number of hydrogen-bond acceptors (Lipinski definition) is 6. The predicted octanol–water partition coefficient (Wildman–Crippen LogP) is 3.59. The number of methoxy groups -OCH3 is 1. The van der Waals surface area contributed by atoms with Crippen LogP contribution in [0.4, 0.5) is 0 Å². The number of halogens is 2. The molecule has 0 atom stereocenters. The minimum absolute atomic E-state index is 0.200. The molecule has 0 bridgehead atoms. The minimum atomic E-state index is -0.200. The summed E-state index contributed by atoms with van der Waals surface area (Å²) in [7, 11) is 1.56. The first-order chi connectivity index (χ1) is 13.5. The molecule has 28 heavy (non-hydrogen) atoms. The van der Waals surface area contributed by atoms with Crippen LogP contribution < -0.4 is 19.6 Å². The van der Waals surface area contributed by atoms with Crippen LogP contribution in [0, 0.1) is 0 Å². The normalized spacial score (nSPS) is 11.9. The van der Waals surface area contributed by atoms with Crippen LogP contribution in [0.15, 0.2) is 47.5 Å². The van der Waals surface area contributed by atoms with Gasteiger partial charge in [-0.2, -0.15) is 9.61 Å². The van der Waals surface area contributed by atoms with Gasteiger partial charge in [0.1, 0.15) is 12.9 Å². The smallest absolute Gasteiger partial charge is 0.291 e. The first kappa shape index (κ1) is 18.7. The number of nitrogens with zero attached hydrogens (tertiary/aromatic N) is 3. The van der Waals surface area contributed by atoms with Crippen molar-refractivity contribution in [1.82, 2.24) is 14.6 Å². The molecule has 0 N–H and O–H groups in total. The van der Waals surface area contributed by atoms with Crippen LogP contribution in [-0.2, 0) is 6.61 Å². The minimum Gasteiger partial charge on any atom is -0.493 e. The van der Waals surface area contributed by atoms with Crippen LogP contribution in [0.2, 0.25) is 10.0 Å². The second-order valence-electron chi connectivity index (χ2n) is 5.80. The SMILES string of the molecule is COc1cc(/C=c2\sc3ncnn3c2=O)ccc1OCc1ccc(Cl)cc1Cl. The lowest BCUT2D eigenvalue weighted by Crippen LogP contribution is -2.23. The maximum Gasteiger partial charge on any atom is 0.291 e. The van der Waals surface area contributed by atoms with Crippen LogP contribution >= 0.6 is 34.5 Å². The van der Waals surface area contributed by atoms with Crippen molar-refractivity contribution >= 4 is 45.6 Å². The van der Waals surface area contributed by atoms with Gasteiger partial charge in [-0.25, -0.2) is 4.98 Å². The Morgan fingerprint density at radius 3 is 2.79 bits per heavy atom. The Kier molecular flexibility index (Phi) is 5.21. The third-order valence-electron chi connectivity index (χ3n) is 4.00. The molecule has 0 saturated heterocycles. The van der Waals surface area contributed by atoms with Crippen molar-refractivity contribution in [2.24, 2.45) is 0 Å². The number of rotatable bonds is 5. The summed E-state index contributed by atoms with van der Waals surface area (Å²) >= 11 is 13.4. The van der Waals surface area contributed by atoms with Crippen LogP contribution in [0.5, 0.6) is 11.5 Å². The zero-order valence-electron chi connectivity index (χ0n) is 14.6. The van der Waals surface area contributed by atoms with E-state index < -0.39 is 0 Å². The summed E-state index contributed by atoms with van der Waals surface area (Å²) in [5.41, 5.74) is 1.42. The number of ether oxygens (including phenoxy) is 2. The van der Waals surface area contributed by atoms with Gasteiger partial charge in [0.05, 0.1) is 11.6 Å². The Morgan fingerprint density at radius 2 is 2.04 bits per heavy atom. The van der Waals surface area contributed by atoms with E-state index in [0.29, 0.717) is 31.0 Å². The predicted molar refractivity (Wildman–Crippen MR) is 110 cm³/mol. The molecule has 9 heteroatoms. The van der Waals surface area contributed by atoms with Gasteiger partial charge in [-0.3, -0.25) is 4.79 Å². The van der Waals surface area contributed by atoms with Crippen molar-refractivity contribution in [2.75, 3.05) is 7.11 Å². The molecule has 2 aromatic heterocycles. The fourth-order valence-corrected chi connectivity index (χ4v) is 3.96. The standard InChI is InChI=1S/C19H13Cl2N3O3S/c1-26-16-6-11(7-17-18(25)24-19(28-17)22-10-23-24)2-5-15(16)27-9-12-3-4-13(20)8-14(12)21/h2-8,10H,9H2,1H3/b17-7-. The lowest BCUT2D eigenvalue weighted by Gasteiger charge is -2.12. The van der Waals surface area contributed by atoms with E-state index in [2.05, 4.69) is 10.1 Å². The maximum atomic E-state index is 12.3. The maximum absolute atomic E-state index is 12.3. The summed E-state index contributed by atoms with van der Waals surface area (Å²) in [6.45, 7) is 0.272. The summed E-state index contributed by atoms with van der Waals surface area (Å²) in [6.07, 6.45) is 3.13. The lowest BCUT2D eigenvalue weighted by atomic mass is 10.2. The van der Waals surface area contributed by atoms with Crippen molar-refractivity contribution in [1.29, 1.82) is 0 Å². The molecule has 4 aromatic rings. The Bertz CT molecular complexity index is 1270. The highest BCUT2D eigenvalue weighted by Crippen LogP contribution is 2.30. The van der Waals surface area contributed by atoms with Crippen molar-refractivity contribution in [3.8, 4) is 11.5 Å². The van der Waals surface area contributed by atoms with Gasteiger partial charge >= 0.3 is 0 Å². The number of hydrogen-bond donors (Lipinski definition) is 0. The van der Waals surface area contributed by atoms with Crippen LogP contribution in [0.1, 0.15) is 11.1 Å². The molecule has 0 amide bonds. The number of thiazole rings is 1. The Morgan fingerprint density at radius 1 is 1.18 bits per heavy atom. The number of benzene rings is 2. The van der Waals surface area contributed by atoms with E-state index in [-0.39, 0.29) is 12.2 Å². The average Bonchev–Trinajstić information content (AvgIpc) is 3.25. The van der Waals surface area contributed by atoms with Crippen molar-refractivity contribution < 1.29 is 9.47 Å². The molecular weight excluding hydrogens is 421 g/mol. The number of fused-ring (bicyclic) bond motifs is 1. The monoisotopic (exact) mass is 433 g/mol. The highest BCUT2D eigenvalue weighted by molar-refractivity contribution is 7.15. The van der Waals surface area contributed by atoms with E-state index in [1.807, 2.05) is 12.1 Å². The third kappa shape index (κ3) is 3.69. The second kappa shape index (κ2) is 7.79. The third-order valence-corrected chi connectivity index (χ3v) is 5.56. The zero-order valence-corrected chi connectivity index (χ0v) is 16.9. The van der Waals surface area contributed by atoms with Gasteiger partial charge in [-0.15, -0.1) is 0 Å². The van der Waals surface area contributed by atoms with Gasteiger partial charge in [0.25, 0.3) is 5.56 Å². The van der Waals surface area contributed by atoms with E-state index in [9.17, 15) is 4.79 Å². The fourth-order valence-electron chi connectivity index (χ4n) is 2.62. The van der Waals surface area contributed by atoms with Crippen LogP contribution in [0.3, 0.4) is 0 Å². The zero-order chi connectivity index (χ0) is 19.7. The van der Waals surface area contributed by atoms with Gasteiger partial charge in [0, 0.05) is 15.6 Å². The molecule has 0 unspecified atom stereocenters. The molecule has 2 heterocycles. The summed E-state index contributed by atoms with van der Waals surface area (Å²) in [6, 6.07) is 10.7. The average molecular weight is 434 g/mol. The van der Waals surface area contributed by atoms with Crippen molar-refractivity contribution in [3.63, 3.8) is 0 Å². The second-order valence-corrected chi connectivity index (χ2v) is 7.66. The van der Waals surface area contributed by atoms with E-state index in [0.717, 1.165) is 11.1 Å². The first-order valence-corrected chi connectivity index (χ1v) is 9.71. The highest BCUT2D eigenvalue weighted by atomic mass is 35.5. The van der Waals surface area contributed by atoms with Gasteiger partial charge in [-0.05, 0) is 35.9 Å². The highest BCUT2D eigenvalue weighted by Gasteiger charge is 2.09. The Balaban J connectivity index is 1.61. The summed E-state index contributed by atoms with van der Waals surface area (Å²) in [5.74, 6) is 1.11. The van der Waals surface area contributed by atoms with E-state index >= 15 is 0 Å². The van der Waals surface area contributed by atoms with Gasteiger partial charge in [0.2, 0.25) is 4.96 Å². The van der Waals surface area contributed by atoms with Gasteiger partial charge in [-0.1, -0.05) is 46.7 Å². The van der Waals surface area contributed by atoms with E-state index in [4.69, 9.17) is 32.7 Å². The fraction of sp³-hybridized carbons (Fsp3) is 0.105. The molecule has 0 aliphatic heterocycles. The quantitative estimate of drug-likeness (QED) is 0.481. The van der Waals surface area contributed by atoms with Crippen molar-refractivity contribution in [3.05, 3.63) is 78.8 Å². The molecule has 0 radical (unpaired) electrons. The Labute approximate surface area is 173 Å². The molecule has 6 nitrogen and oxygen atoms in total. The first-order valence-electron chi connectivity index (χ1n) is 8.14.